The van der Waals surface area contributed by atoms with Crippen LogP contribution in [0.2, 0.25) is 0 Å². The monoisotopic (exact) mass is 525 g/mol. The van der Waals surface area contributed by atoms with E-state index in [1.807, 2.05) is 0 Å². The number of aromatic nitrogens is 1. The van der Waals surface area contributed by atoms with E-state index in [2.05, 4.69) is 10.3 Å². The minimum Gasteiger partial charge on any atom is -0.458 e. The Kier molecular flexibility index (Phi) is 8.04. The number of pyridine rings is 1. The molecule has 1 aliphatic carbocycles. The first-order valence-electron chi connectivity index (χ1n) is 12.6. The van der Waals surface area contributed by atoms with Crippen LogP contribution in [-0.2, 0) is 11.2 Å². The second kappa shape index (κ2) is 11.2. The third-order valence-electron chi connectivity index (χ3n) is 6.60. The van der Waals surface area contributed by atoms with Crippen LogP contribution in [0.25, 0.3) is 0 Å². The van der Waals surface area contributed by atoms with Crippen molar-refractivity contribution >= 4 is 23.5 Å². The molecule has 0 bridgehead atoms. The van der Waals surface area contributed by atoms with Gasteiger partial charge in [0.2, 0.25) is 5.91 Å². The lowest BCUT2D eigenvalue weighted by molar-refractivity contribution is -0.117. The number of fused-ring (bicyclic) bond motifs is 1. The molecule has 2 heterocycles. The number of ether oxygens (including phenoxy) is 1. The fourth-order valence-corrected chi connectivity index (χ4v) is 4.11. The summed E-state index contributed by atoms with van der Waals surface area (Å²) in [7, 11) is 0. The van der Waals surface area contributed by atoms with Crippen molar-refractivity contribution in [1.82, 2.24) is 4.98 Å². The van der Waals surface area contributed by atoms with E-state index in [4.69, 9.17) is 4.74 Å². The van der Waals surface area contributed by atoms with Crippen LogP contribution in [0.4, 0.5) is 24.8 Å². The molecule has 6 nitrogen and oxygen atoms in total. The summed E-state index contributed by atoms with van der Waals surface area (Å²) in [4.78, 5) is 31.5. The Labute approximate surface area is 219 Å². The van der Waals surface area contributed by atoms with E-state index in [-0.39, 0.29) is 35.5 Å². The number of halogens is 3. The van der Waals surface area contributed by atoms with Crippen LogP contribution in [-0.4, -0.2) is 29.5 Å². The van der Waals surface area contributed by atoms with Crippen LogP contribution in [0.5, 0.6) is 5.75 Å². The Morgan fingerprint density at radius 1 is 1.21 bits per heavy atom. The summed E-state index contributed by atoms with van der Waals surface area (Å²) < 4.78 is 46.1. The van der Waals surface area contributed by atoms with Gasteiger partial charge in [-0.25, -0.2) is 4.98 Å². The number of amides is 2. The number of benzene rings is 1. The highest BCUT2D eigenvalue weighted by molar-refractivity contribution is 6.08. The Bertz CT molecular complexity index is 1320. The normalized spacial score (nSPS) is 16.8. The van der Waals surface area contributed by atoms with Crippen molar-refractivity contribution in [2.24, 2.45) is 5.92 Å². The fourth-order valence-electron chi connectivity index (χ4n) is 4.11. The predicted octanol–water partition coefficient (Wildman–Crippen LogP) is 6.76. The molecule has 1 aromatic carbocycles. The molecule has 1 aromatic heterocycles. The Morgan fingerprint density at radius 2 is 1.97 bits per heavy atom. The molecule has 0 spiro atoms. The van der Waals surface area contributed by atoms with Gasteiger partial charge in [-0.3, -0.25) is 14.5 Å². The number of rotatable bonds is 8. The van der Waals surface area contributed by atoms with Gasteiger partial charge in [-0.2, -0.15) is 13.2 Å². The van der Waals surface area contributed by atoms with E-state index < -0.39 is 11.7 Å². The van der Waals surface area contributed by atoms with E-state index in [0.29, 0.717) is 35.9 Å². The molecule has 1 N–H and O–H groups in total. The number of alkyl halides is 3. The van der Waals surface area contributed by atoms with Crippen LogP contribution in [0.3, 0.4) is 0 Å². The zero-order valence-electron chi connectivity index (χ0n) is 21.6. The van der Waals surface area contributed by atoms with Gasteiger partial charge >= 0.3 is 6.18 Å². The first kappa shape index (κ1) is 27.2. The summed E-state index contributed by atoms with van der Waals surface area (Å²) >= 11 is 0. The first-order chi connectivity index (χ1) is 18.1. The van der Waals surface area contributed by atoms with Crippen LogP contribution in [0.15, 0.2) is 71.5 Å². The van der Waals surface area contributed by atoms with Crippen molar-refractivity contribution < 1.29 is 27.5 Å². The van der Waals surface area contributed by atoms with E-state index in [1.54, 1.807) is 61.2 Å². The van der Waals surface area contributed by atoms with Gasteiger partial charge in [0, 0.05) is 18.0 Å². The van der Waals surface area contributed by atoms with Crippen molar-refractivity contribution in [3.63, 3.8) is 0 Å². The molecule has 1 aliphatic heterocycles. The predicted molar refractivity (Wildman–Crippen MR) is 140 cm³/mol. The Hall–Kier alpha value is -3.88. The van der Waals surface area contributed by atoms with Gasteiger partial charge in [-0.1, -0.05) is 24.6 Å². The van der Waals surface area contributed by atoms with Crippen molar-refractivity contribution in [3.05, 3.63) is 82.7 Å². The van der Waals surface area contributed by atoms with Gasteiger partial charge in [-0.05, 0) is 87.6 Å². The number of hydrogen-bond acceptors (Lipinski definition) is 4. The van der Waals surface area contributed by atoms with E-state index in [9.17, 15) is 22.8 Å². The molecule has 0 atom stereocenters. The summed E-state index contributed by atoms with van der Waals surface area (Å²) in [5.41, 5.74) is 0.797. The molecule has 2 amide bonds. The maximum absolute atomic E-state index is 13.4. The molecule has 2 aromatic rings. The second-order valence-corrected chi connectivity index (χ2v) is 9.34. The van der Waals surface area contributed by atoms with Crippen molar-refractivity contribution in [3.8, 4) is 5.75 Å². The van der Waals surface area contributed by atoms with Gasteiger partial charge in [0.15, 0.2) is 0 Å². The summed E-state index contributed by atoms with van der Waals surface area (Å²) in [6, 6.07) is 10.2. The molecule has 38 heavy (non-hydrogen) atoms. The highest BCUT2D eigenvalue weighted by Crippen LogP contribution is 2.32. The zero-order valence-corrected chi connectivity index (χ0v) is 21.6. The molecular weight excluding hydrogens is 495 g/mol. The number of nitrogens with zero attached hydrogens (tertiary/aromatic N) is 2. The topological polar surface area (TPSA) is 71.5 Å². The molecule has 0 saturated heterocycles. The van der Waals surface area contributed by atoms with Gasteiger partial charge < -0.3 is 10.1 Å². The standard InChI is InChI=1S/C29H30F3N3O3/c1-4-18(3)24(29(30,31)32)14-13-21(5-2)38-22-12-11-19-15-16-35(28(37)23(19)17-22)26-8-6-7-25(33-26)34-27(36)20-9-10-20/h5-8,11-14,17,20H,4,9-10,15-16H2,1-3H3,(H,33,34,36)/b14-13-,21-5+,24-18?. The van der Waals surface area contributed by atoms with Crippen molar-refractivity contribution in [2.75, 3.05) is 16.8 Å². The third kappa shape index (κ3) is 6.33. The lowest BCUT2D eigenvalue weighted by atomic mass is 9.98. The number of hydrogen-bond donors (Lipinski definition) is 1. The van der Waals surface area contributed by atoms with Crippen molar-refractivity contribution in [2.45, 2.75) is 52.6 Å². The SMILES string of the molecule is C/C=C(\C=C/C(=C(C)CC)C(F)(F)F)Oc1ccc2c(c1)C(=O)N(c1cccc(NC(=O)C3CC3)n1)CC2. The lowest BCUT2D eigenvalue weighted by Crippen LogP contribution is -2.38. The van der Waals surface area contributed by atoms with Gasteiger partial charge in [0.05, 0.1) is 5.57 Å². The smallest absolute Gasteiger partial charge is 0.416 e. The largest absolute Gasteiger partial charge is 0.458 e. The highest BCUT2D eigenvalue weighted by Gasteiger charge is 2.33. The second-order valence-electron chi connectivity index (χ2n) is 9.34. The highest BCUT2D eigenvalue weighted by atomic mass is 19.4. The Morgan fingerprint density at radius 3 is 2.63 bits per heavy atom. The minimum atomic E-state index is -4.47. The van der Waals surface area contributed by atoms with E-state index >= 15 is 0 Å². The van der Waals surface area contributed by atoms with Gasteiger partial charge in [-0.15, -0.1) is 0 Å². The van der Waals surface area contributed by atoms with Gasteiger partial charge in [0.1, 0.15) is 23.1 Å². The molecule has 200 valence electrons. The molecular formula is C29H30F3N3O3. The maximum atomic E-state index is 13.4. The molecule has 9 heteroatoms. The quantitative estimate of drug-likeness (QED) is 0.305. The number of nitrogens with one attached hydrogen (secondary N) is 1. The lowest BCUT2D eigenvalue weighted by Gasteiger charge is -2.28. The van der Waals surface area contributed by atoms with Gasteiger partial charge in [0.25, 0.3) is 5.91 Å². The fraction of sp³-hybridized carbons (Fsp3) is 0.345. The minimum absolute atomic E-state index is 0.0334. The van der Waals surface area contributed by atoms with E-state index in [1.165, 1.54) is 13.0 Å². The zero-order chi connectivity index (χ0) is 27.4. The van der Waals surface area contributed by atoms with Crippen LogP contribution in [0.1, 0.15) is 56.0 Å². The van der Waals surface area contributed by atoms with Crippen molar-refractivity contribution in [1.29, 1.82) is 0 Å². The molecule has 2 aliphatic rings. The third-order valence-corrected chi connectivity index (χ3v) is 6.60. The number of carbonyl (C=O) groups is 2. The maximum Gasteiger partial charge on any atom is 0.416 e. The molecule has 4 rings (SSSR count). The number of anilines is 2. The van der Waals surface area contributed by atoms with Crippen LogP contribution in [0, 0.1) is 5.92 Å². The van der Waals surface area contributed by atoms with E-state index in [0.717, 1.165) is 24.5 Å². The summed E-state index contributed by atoms with van der Waals surface area (Å²) in [6.07, 6.45) is 2.00. The molecule has 0 radical (unpaired) electrons. The number of carbonyl (C=O) groups excluding carboxylic acids is 2. The first-order valence-corrected chi connectivity index (χ1v) is 12.6. The average Bonchev–Trinajstić information content (AvgIpc) is 3.73. The molecule has 0 unspecified atom stereocenters. The molecule has 1 saturated carbocycles. The Balaban J connectivity index is 1.52. The van der Waals surface area contributed by atoms with Crippen LogP contribution < -0.4 is 15.0 Å². The molecule has 1 fully saturated rings. The number of allylic oxidation sites excluding steroid dienone is 5. The van der Waals surface area contributed by atoms with Crippen LogP contribution >= 0.6 is 0 Å². The average molecular weight is 526 g/mol. The summed E-state index contributed by atoms with van der Waals surface area (Å²) in [5, 5.41) is 2.80. The summed E-state index contributed by atoms with van der Waals surface area (Å²) in [5.74, 6) is 1.07. The summed E-state index contributed by atoms with van der Waals surface area (Å²) in [6.45, 7) is 5.21.